The Labute approximate surface area is 182 Å². The van der Waals surface area contributed by atoms with Crippen LogP contribution in [0.5, 0.6) is 0 Å². The molecular formula is C24H30FN3O3. The van der Waals surface area contributed by atoms with Crippen LogP contribution in [0.4, 0.5) is 4.39 Å². The molecule has 7 heteroatoms. The molecule has 3 saturated carbocycles. The van der Waals surface area contributed by atoms with Gasteiger partial charge in [-0.1, -0.05) is 30.3 Å². The Hall–Kier alpha value is -2.46. The summed E-state index contributed by atoms with van der Waals surface area (Å²) in [4.78, 5) is 27.0. The second kappa shape index (κ2) is 8.58. The van der Waals surface area contributed by atoms with E-state index in [0.29, 0.717) is 0 Å². The minimum absolute atomic E-state index is 0.000288. The highest BCUT2D eigenvalue weighted by Crippen LogP contribution is 2.53. The van der Waals surface area contributed by atoms with E-state index in [1.165, 1.54) is 4.90 Å². The number of esters is 1. The number of hydrogen-bond donors (Lipinski definition) is 1. The number of rotatable bonds is 6. The van der Waals surface area contributed by atoms with Crippen LogP contribution in [0.1, 0.15) is 63.5 Å². The van der Waals surface area contributed by atoms with Crippen molar-refractivity contribution >= 4 is 11.9 Å². The predicted molar refractivity (Wildman–Crippen MR) is 112 cm³/mol. The predicted octanol–water partition coefficient (Wildman–Crippen LogP) is 3.44. The lowest BCUT2D eigenvalue weighted by atomic mass is 9.57. The number of ether oxygens (including phenoxy) is 1. The molecule has 0 radical (unpaired) electrons. The number of nitrogens with zero attached hydrogens (tertiary/aromatic N) is 2. The van der Waals surface area contributed by atoms with Gasteiger partial charge in [-0.2, -0.15) is 5.26 Å². The van der Waals surface area contributed by atoms with Crippen molar-refractivity contribution in [1.82, 2.24) is 10.2 Å². The minimum Gasteiger partial charge on any atom is -0.457 e. The third-order valence-corrected chi connectivity index (χ3v) is 7.57. The zero-order valence-corrected chi connectivity index (χ0v) is 18.0. The summed E-state index contributed by atoms with van der Waals surface area (Å²) in [7, 11) is 0. The van der Waals surface area contributed by atoms with Gasteiger partial charge in [0, 0.05) is 12.0 Å². The van der Waals surface area contributed by atoms with Gasteiger partial charge in [-0.25, -0.2) is 4.39 Å². The number of benzene rings is 1. The number of carbonyl (C=O) groups excluding carboxylic acids is 2. The Morgan fingerprint density at radius 2 is 1.87 bits per heavy atom. The number of hydrogen-bond acceptors (Lipinski definition) is 5. The van der Waals surface area contributed by atoms with E-state index < -0.39 is 17.6 Å². The maximum absolute atomic E-state index is 13.6. The summed E-state index contributed by atoms with van der Waals surface area (Å²) in [5.74, 6) is -0.337. The smallest absolute Gasteiger partial charge is 0.312 e. The van der Waals surface area contributed by atoms with Crippen LogP contribution in [0.15, 0.2) is 30.3 Å². The standard InChI is InChI=1S/C24H30FN3O3/c1-17(18-5-3-2-4-6-18)31-22(30)23-7-10-24(11-8-23,12-9-23)27-15-21(29)28-16-19(25)13-20(28)14-26/h2-6,17,19-20,27H,7-13,15-16H2,1H3. The molecule has 0 spiro atoms. The molecule has 1 heterocycles. The summed E-state index contributed by atoms with van der Waals surface area (Å²) in [6, 6.07) is 11.1. The number of nitriles is 1. The first kappa shape index (κ1) is 21.8. The van der Waals surface area contributed by atoms with E-state index in [4.69, 9.17) is 10.00 Å². The largest absolute Gasteiger partial charge is 0.457 e. The third-order valence-electron chi connectivity index (χ3n) is 7.57. The molecule has 166 valence electrons. The first-order valence-electron chi connectivity index (χ1n) is 11.2. The molecule has 1 N–H and O–H groups in total. The molecule has 1 saturated heterocycles. The van der Waals surface area contributed by atoms with Crippen molar-refractivity contribution < 1.29 is 18.7 Å². The van der Waals surface area contributed by atoms with Crippen molar-refractivity contribution in [3.8, 4) is 6.07 Å². The number of amides is 1. The zero-order chi connectivity index (χ0) is 22.1. The van der Waals surface area contributed by atoms with Gasteiger partial charge in [-0.05, 0) is 51.0 Å². The quantitative estimate of drug-likeness (QED) is 0.704. The lowest BCUT2D eigenvalue weighted by molar-refractivity contribution is -0.169. The van der Waals surface area contributed by atoms with E-state index in [2.05, 4.69) is 5.32 Å². The molecule has 4 aliphatic rings. The highest BCUT2D eigenvalue weighted by atomic mass is 19.1. The summed E-state index contributed by atoms with van der Waals surface area (Å²) < 4.78 is 19.5. The fourth-order valence-electron chi connectivity index (χ4n) is 5.38. The average molecular weight is 428 g/mol. The zero-order valence-electron chi connectivity index (χ0n) is 18.0. The van der Waals surface area contributed by atoms with Gasteiger partial charge in [0.05, 0.1) is 24.6 Å². The summed E-state index contributed by atoms with van der Waals surface area (Å²) in [5.41, 5.74) is 0.389. The molecule has 3 unspecified atom stereocenters. The molecule has 3 aliphatic carbocycles. The van der Waals surface area contributed by atoms with E-state index in [9.17, 15) is 14.0 Å². The number of fused-ring (bicyclic) bond motifs is 3. The van der Waals surface area contributed by atoms with Gasteiger partial charge in [0.15, 0.2) is 0 Å². The fraction of sp³-hybridized carbons (Fsp3) is 0.625. The van der Waals surface area contributed by atoms with Crippen LogP contribution in [0.2, 0.25) is 0 Å². The Kier molecular flexibility index (Phi) is 6.02. The lowest BCUT2D eigenvalue weighted by Crippen LogP contribution is -2.58. The molecule has 1 amide bonds. The number of halogens is 1. The van der Waals surface area contributed by atoms with Crippen LogP contribution in [-0.2, 0) is 14.3 Å². The summed E-state index contributed by atoms with van der Waals surface area (Å²) in [6.45, 7) is 2.01. The normalized spacial score (nSPS) is 33.0. The van der Waals surface area contributed by atoms with Crippen LogP contribution in [0.3, 0.4) is 0 Å². The Balaban J connectivity index is 1.31. The van der Waals surface area contributed by atoms with Crippen molar-refractivity contribution in [2.45, 2.75) is 75.7 Å². The SMILES string of the molecule is CC(OC(=O)C12CCC(NCC(=O)N3CC(F)CC3C#N)(CC1)CC2)c1ccccc1. The van der Waals surface area contributed by atoms with Gasteiger partial charge in [0.1, 0.15) is 18.3 Å². The maximum Gasteiger partial charge on any atom is 0.312 e. The van der Waals surface area contributed by atoms with Crippen LogP contribution in [0.25, 0.3) is 0 Å². The fourth-order valence-corrected chi connectivity index (χ4v) is 5.38. The van der Waals surface area contributed by atoms with E-state index in [0.717, 1.165) is 44.1 Å². The van der Waals surface area contributed by atoms with Gasteiger partial charge in [-0.3, -0.25) is 9.59 Å². The van der Waals surface area contributed by atoms with E-state index in [-0.39, 0.29) is 43.0 Å². The van der Waals surface area contributed by atoms with Crippen LogP contribution >= 0.6 is 0 Å². The Bertz CT molecular complexity index is 844. The molecule has 1 aromatic carbocycles. The minimum atomic E-state index is -1.12. The number of nitrogens with one attached hydrogen (secondary N) is 1. The molecule has 0 aromatic heterocycles. The van der Waals surface area contributed by atoms with Crippen LogP contribution < -0.4 is 5.32 Å². The van der Waals surface area contributed by atoms with Crippen molar-refractivity contribution in [3.63, 3.8) is 0 Å². The number of carbonyl (C=O) groups is 2. The molecule has 3 atom stereocenters. The molecule has 6 nitrogen and oxygen atoms in total. The summed E-state index contributed by atoms with van der Waals surface area (Å²) >= 11 is 0. The van der Waals surface area contributed by atoms with E-state index in [1.807, 2.05) is 43.3 Å². The number of alkyl halides is 1. The highest BCUT2D eigenvalue weighted by molar-refractivity contribution is 5.80. The Morgan fingerprint density at radius 3 is 2.48 bits per heavy atom. The summed E-state index contributed by atoms with van der Waals surface area (Å²) in [6.07, 6.45) is 3.34. The topological polar surface area (TPSA) is 82.4 Å². The average Bonchev–Trinajstić information content (AvgIpc) is 3.20. The van der Waals surface area contributed by atoms with Gasteiger partial charge in [0.2, 0.25) is 5.91 Å². The van der Waals surface area contributed by atoms with Crippen molar-refractivity contribution in [1.29, 1.82) is 5.26 Å². The third kappa shape index (κ3) is 4.31. The monoisotopic (exact) mass is 427 g/mol. The molecular weight excluding hydrogens is 397 g/mol. The lowest BCUT2D eigenvalue weighted by Gasteiger charge is -2.52. The van der Waals surface area contributed by atoms with Crippen LogP contribution in [0, 0.1) is 16.7 Å². The summed E-state index contributed by atoms with van der Waals surface area (Å²) in [5, 5.41) is 12.6. The van der Waals surface area contributed by atoms with Crippen LogP contribution in [-0.4, -0.2) is 47.6 Å². The maximum atomic E-state index is 13.6. The van der Waals surface area contributed by atoms with E-state index in [1.54, 1.807) is 0 Å². The van der Waals surface area contributed by atoms with Gasteiger partial charge in [-0.15, -0.1) is 0 Å². The molecule has 5 rings (SSSR count). The molecule has 1 aliphatic heterocycles. The molecule has 1 aromatic rings. The van der Waals surface area contributed by atoms with Gasteiger partial charge >= 0.3 is 5.97 Å². The van der Waals surface area contributed by atoms with Crippen molar-refractivity contribution in [2.75, 3.05) is 13.1 Å². The van der Waals surface area contributed by atoms with Crippen molar-refractivity contribution in [3.05, 3.63) is 35.9 Å². The molecule has 2 bridgehead atoms. The molecule has 31 heavy (non-hydrogen) atoms. The first-order chi connectivity index (χ1) is 14.9. The highest BCUT2D eigenvalue weighted by Gasteiger charge is 2.53. The first-order valence-corrected chi connectivity index (χ1v) is 11.2. The van der Waals surface area contributed by atoms with E-state index >= 15 is 0 Å². The second-order valence-electron chi connectivity index (χ2n) is 9.40. The van der Waals surface area contributed by atoms with Gasteiger partial charge in [0.25, 0.3) is 0 Å². The second-order valence-corrected chi connectivity index (χ2v) is 9.40. The number of likely N-dealkylation sites (tertiary alicyclic amines) is 1. The Morgan fingerprint density at radius 1 is 1.23 bits per heavy atom. The van der Waals surface area contributed by atoms with Crippen molar-refractivity contribution in [2.24, 2.45) is 5.41 Å². The molecule has 4 fully saturated rings. The van der Waals surface area contributed by atoms with Gasteiger partial charge < -0.3 is 15.0 Å².